The zero-order chi connectivity index (χ0) is 18.8. The highest BCUT2D eigenvalue weighted by Gasteiger charge is 2.45. The summed E-state index contributed by atoms with van der Waals surface area (Å²) in [5.74, 6) is -0.934. The molecule has 1 aromatic heterocycles. The number of amides is 2. The number of carbonyl (C=O) groups is 2. The van der Waals surface area contributed by atoms with Gasteiger partial charge in [-0.15, -0.1) is 0 Å². The minimum Gasteiger partial charge on any atom is -0.360 e. The number of nitrogens with zero attached hydrogens (tertiary/aromatic N) is 3. The van der Waals surface area contributed by atoms with E-state index < -0.39 is 22.5 Å². The van der Waals surface area contributed by atoms with Crippen LogP contribution in [-0.2, 0) is 9.59 Å². The quantitative estimate of drug-likeness (QED) is 0.841. The van der Waals surface area contributed by atoms with Crippen LogP contribution in [-0.4, -0.2) is 22.2 Å². The summed E-state index contributed by atoms with van der Waals surface area (Å²) in [6.07, 6.45) is 0. The fourth-order valence-corrected chi connectivity index (χ4v) is 3.50. The molecule has 1 aliphatic heterocycles. The lowest BCUT2D eigenvalue weighted by atomic mass is 9.72. The standard InChI is InChI=1S/C16H17N5O3S/c1-8-5-12(21-24-8)19-13(22)9(2)25-15-11(7-18)16(3,4)10(6-17)14(23)20-15/h5,9-10H,1-4H3,(H,20,23)(H,19,21,22)/t9-,10-/m1/s1. The second-order valence-corrected chi connectivity index (χ2v) is 7.51. The number of carbonyl (C=O) groups excluding carboxylic acids is 2. The van der Waals surface area contributed by atoms with Crippen molar-refractivity contribution < 1.29 is 14.1 Å². The number of hydrogen-bond donors (Lipinski definition) is 2. The number of nitriles is 2. The predicted molar refractivity (Wildman–Crippen MR) is 90.6 cm³/mol. The first-order valence-corrected chi connectivity index (χ1v) is 8.34. The highest BCUT2D eigenvalue weighted by molar-refractivity contribution is 8.04. The first-order chi connectivity index (χ1) is 11.7. The molecule has 0 unspecified atom stereocenters. The third-order valence-corrected chi connectivity index (χ3v) is 4.99. The molecule has 0 radical (unpaired) electrons. The zero-order valence-corrected chi connectivity index (χ0v) is 15.0. The lowest BCUT2D eigenvalue weighted by molar-refractivity contribution is -0.125. The number of rotatable bonds is 4. The lowest BCUT2D eigenvalue weighted by Gasteiger charge is -2.35. The van der Waals surface area contributed by atoms with Crippen molar-refractivity contribution in [3.8, 4) is 12.1 Å². The first kappa shape index (κ1) is 18.6. The topological polar surface area (TPSA) is 132 Å². The van der Waals surface area contributed by atoms with E-state index in [0.29, 0.717) is 16.6 Å². The van der Waals surface area contributed by atoms with Crippen molar-refractivity contribution in [3.05, 3.63) is 22.4 Å². The second kappa shape index (κ2) is 6.99. The maximum absolute atomic E-state index is 12.3. The molecule has 2 amide bonds. The van der Waals surface area contributed by atoms with Crippen molar-refractivity contribution in [2.24, 2.45) is 11.3 Å². The van der Waals surface area contributed by atoms with Crippen molar-refractivity contribution in [1.29, 1.82) is 10.5 Å². The van der Waals surface area contributed by atoms with Crippen LogP contribution < -0.4 is 10.6 Å². The summed E-state index contributed by atoms with van der Waals surface area (Å²) in [6.45, 7) is 6.68. The molecule has 1 aliphatic rings. The number of anilines is 1. The molecule has 2 atom stereocenters. The van der Waals surface area contributed by atoms with Gasteiger partial charge in [0, 0.05) is 11.5 Å². The molecule has 0 aliphatic carbocycles. The van der Waals surface area contributed by atoms with Crippen LogP contribution in [0, 0.1) is 40.9 Å². The van der Waals surface area contributed by atoms with Crippen LogP contribution in [0.25, 0.3) is 0 Å². The van der Waals surface area contributed by atoms with Gasteiger partial charge in [0.25, 0.3) is 0 Å². The fraction of sp³-hybridized carbons (Fsp3) is 0.438. The summed E-state index contributed by atoms with van der Waals surface area (Å²) in [6, 6.07) is 5.58. The van der Waals surface area contributed by atoms with E-state index in [1.54, 1.807) is 33.8 Å². The molecule has 0 spiro atoms. The number of thioether (sulfide) groups is 1. The van der Waals surface area contributed by atoms with E-state index in [0.717, 1.165) is 11.8 Å². The average Bonchev–Trinajstić information content (AvgIpc) is 2.91. The average molecular weight is 359 g/mol. The second-order valence-electron chi connectivity index (χ2n) is 6.16. The van der Waals surface area contributed by atoms with E-state index in [1.807, 2.05) is 6.07 Å². The first-order valence-electron chi connectivity index (χ1n) is 7.46. The van der Waals surface area contributed by atoms with Crippen molar-refractivity contribution >= 4 is 29.4 Å². The summed E-state index contributed by atoms with van der Waals surface area (Å²) in [7, 11) is 0. The van der Waals surface area contributed by atoms with Gasteiger partial charge in [0.05, 0.1) is 28.0 Å². The molecule has 1 aromatic rings. The Balaban J connectivity index is 2.21. The maximum Gasteiger partial charge on any atom is 0.243 e. The molecule has 130 valence electrons. The summed E-state index contributed by atoms with van der Waals surface area (Å²) in [4.78, 5) is 24.4. The van der Waals surface area contributed by atoms with Crippen LogP contribution in [0.15, 0.2) is 21.2 Å². The van der Waals surface area contributed by atoms with E-state index in [9.17, 15) is 20.1 Å². The van der Waals surface area contributed by atoms with Gasteiger partial charge in [-0.3, -0.25) is 9.59 Å². The molecule has 25 heavy (non-hydrogen) atoms. The van der Waals surface area contributed by atoms with Gasteiger partial charge in [-0.2, -0.15) is 10.5 Å². The molecular weight excluding hydrogens is 342 g/mol. The number of aryl methyl sites for hydroxylation is 1. The Morgan fingerprint density at radius 2 is 2.20 bits per heavy atom. The molecular formula is C16H17N5O3S. The van der Waals surface area contributed by atoms with E-state index >= 15 is 0 Å². The SMILES string of the molecule is Cc1cc(NC(=O)[C@@H](C)SC2=C(C#N)C(C)(C)[C@H](C#N)C(=O)N2)no1. The molecule has 2 N–H and O–H groups in total. The van der Waals surface area contributed by atoms with Crippen molar-refractivity contribution in [3.63, 3.8) is 0 Å². The van der Waals surface area contributed by atoms with Crippen molar-refractivity contribution in [1.82, 2.24) is 10.5 Å². The number of allylic oxidation sites excluding steroid dienone is 1. The lowest BCUT2D eigenvalue weighted by Crippen LogP contribution is -2.45. The van der Waals surface area contributed by atoms with Crippen LogP contribution in [0.2, 0.25) is 0 Å². The summed E-state index contributed by atoms with van der Waals surface area (Å²) < 4.78 is 4.88. The van der Waals surface area contributed by atoms with Crippen molar-refractivity contribution in [2.75, 3.05) is 5.32 Å². The van der Waals surface area contributed by atoms with Gasteiger partial charge in [0.2, 0.25) is 11.8 Å². The Bertz CT molecular complexity index is 828. The number of nitrogens with one attached hydrogen (secondary N) is 2. The molecule has 2 heterocycles. The Morgan fingerprint density at radius 1 is 1.52 bits per heavy atom. The molecule has 0 saturated heterocycles. The smallest absolute Gasteiger partial charge is 0.243 e. The van der Waals surface area contributed by atoms with Crippen LogP contribution in [0.3, 0.4) is 0 Å². The van der Waals surface area contributed by atoms with E-state index in [4.69, 9.17) is 4.52 Å². The van der Waals surface area contributed by atoms with Crippen LogP contribution in [0.4, 0.5) is 5.82 Å². The van der Waals surface area contributed by atoms with Gasteiger partial charge in [0.1, 0.15) is 11.7 Å². The third-order valence-electron chi connectivity index (χ3n) is 3.88. The minimum absolute atomic E-state index is 0.278. The van der Waals surface area contributed by atoms with Crippen molar-refractivity contribution in [2.45, 2.75) is 32.9 Å². The highest BCUT2D eigenvalue weighted by Crippen LogP contribution is 2.42. The summed E-state index contributed by atoms with van der Waals surface area (Å²) >= 11 is 1.05. The molecule has 8 nitrogen and oxygen atoms in total. The molecule has 0 bridgehead atoms. The normalized spacial score (nSPS) is 20.2. The predicted octanol–water partition coefficient (Wildman–Crippen LogP) is 2.07. The van der Waals surface area contributed by atoms with Gasteiger partial charge in [-0.25, -0.2) is 0 Å². The molecule has 2 rings (SSSR count). The molecule has 0 aromatic carbocycles. The van der Waals surface area contributed by atoms with Gasteiger partial charge >= 0.3 is 0 Å². The molecule has 0 saturated carbocycles. The van der Waals surface area contributed by atoms with E-state index in [1.165, 1.54) is 0 Å². The minimum atomic E-state index is -0.964. The number of aromatic nitrogens is 1. The Hall–Kier alpha value is -2.78. The van der Waals surface area contributed by atoms with Gasteiger partial charge in [-0.05, 0) is 13.8 Å². The molecule has 9 heteroatoms. The van der Waals surface area contributed by atoms with Gasteiger partial charge < -0.3 is 15.2 Å². The fourth-order valence-electron chi connectivity index (χ4n) is 2.40. The van der Waals surface area contributed by atoms with Crippen LogP contribution in [0.1, 0.15) is 26.5 Å². The largest absolute Gasteiger partial charge is 0.360 e. The Labute approximate surface area is 149 Å². The Kier molecular flexibility index (Phi) is 5.19. The van der Waals surface area contributed by atoms with Crippen LogP contribution >= 0.6 is 11.8 Å². The number of hydrogen-bond acceptors (Lipinski definition) is 7. The molecule has 0 fully saturated rings. The van der Waals surface area contributed by atoms with Crippen LogP contribution in [0.5, 0.6) is 0 Å². The summed E-state index contributed by atoms with van der Waals surface area (Å²) in [5.41, 5.74) is -0.659. The Morgan fingerprint density at radius 3 is 2.72 bits per heavy atom. The summed E-state index contributed by atoms with van der Waals surface area (Å²) in [5, 5.41) is 27.2. The monoisotopic (exact) mass is 359 g/mol. The third kappa shape index (κ3) is 3.67. The van der Waals surface area contributed by atoms with E-state index in [-0.39, 0.29) is 11.5 Å². The maximum atomic E-state index is 12.3. The van der Waals surface area contributed by atoms with Gasteiger partial charge in [-0.1, -0.05) is 30.8 Å². The zero-order valence-electron chi connectivity index (χ0n) is 14.2. The van der Waals surface area contributed by atoms with Gasteiger partial charge in [0.15, 0.2) is 5.82 Å². The highest BCUT2D eigenvalue weighted by atomic mass is 32.2. The van der Waals surface area contributed by atoms with E-state index in [2.05, 4.69) is 21.9 Å².